The maximum Gasteiger partial charge on any atom is 0.168 e. The lowest BCUT2D eigenvalue weighted by Gasteiger charge is -2.27. The summed E-state index contributed by atoms with van der Waals surface area (Å²) in [6, 6.07) is 4.19. The zero-order chi connectivity index (χ0) is 13.2. The van der Waals surface area contributed by atoms with Crippen LogP contribution in [-0.4, -0.2) is 48.7 Å². The van der Waals surface area contributed by atoms with Gasteiger partial charge in [0.2, 0.25) is 0 Å². The number of benzene rings is 1. The quantitative estimate of drug-likeness (QED) is 0.703. The van der Waals surface area contributed by atoms with Crippen LogP contribution in [0.4, 0.5) is 4.39 Å². The Balaban J connectivity index is 2.12. The summed E-state index contributed by atoms with van der Waals surface area (Å²) in [5, 5.41) is 22.1. The molecule has 2 rings (SSSR count). The molecule has 0 bridgehead atoms. The van der Waals surface area contributed by atoms with Crippen molar-refractivity contribution in [3.05, 3.63) is 24.0 Å². The van der Waals surface area contributed by atoms with E-state index < -0.39 is 24.1 Å². The average Bonchev–Trinajstić information content (AvgIpc) is 2.72. The van der Waals surface area contributed by atoms with E-state index >= 15 is 0 Å². The molecule has 1 aromatic carbocycles. The Morgan fingerprint density at radius 3 is 2.94 bits per heavy atom. The van der Waals surface area contributed by atoms with Crippen molar-refractivity contribution in [2.24, 2.45) is 0 Å². The molecule has 1 fully saturated rings. The summed E-state index contributed by atoms with van der Waals surface area (Å²) in [4.78, 5) is 0. The van der Waals surface area contributed by atoms with Gasteiger partial charge in [-0.05, 0) is 12.1 Å². The van der Waals surface area contributed by atoms with Gasteiger partial charge in [-0.1, -0.05) is 0 Å². The van der Waals surface area contributed by atoms with Crippen molar-refractivity contribution in [2.75, 3.05) is 26.8 Å². The van der Waals surface area contributed by atoms with Gasteiger partial charge < -0.3 is 25.0 Å². The predicted octanol–water partition coefficient (Wildman–Crippen LogP) is -0.0917. The predicted molar refractivity (Wildman–Crippen MR) is 62.3 cm³/mol. The third kappa shape index (κ3) is 2.40. The Bertz CT molecular complexity index is 429. The van der Waals surface area contributed by atoms with Gasteiger partial charge in [0.25, 0.3) is 0 Å². The summed E-state index contributed by atoms with van der Waals surface area (Å²) < 4.78 is 23.8. The number of methoxy groups -OCH3 is 1. The van der Waals surface area contributed by atoms with Crippen LogP contribution in [0.5, 0.6) is 11.5 Å². The van der Waals surface area contributed by atoms with Gasteiger partial charge in [-0.25, -0.2) is 4.39 Å². The number of nitrogens with one attached hydrogen (secondary N) is 1. The van der Waals surface area contributed by atoms with Crippen molar-refractivity contribution in [1.29, 1.82) is 0 Å². The molecule has 0 aliphatic carbocycles. The molecule has 1 heterocycles. The second kappa shape index (κ2) is 5.09. The third-order valence-electron chi connectivity index (χ3n) is 3.04. The number of hydrogen-bond donors (Lipinski definition) is 3. The largest absolute Gasteiger partial charge is 0.494 e. The van der Waals surface area contributed by atoms with Gasteiger partial charge >= 0.3 is 0 Å². The van der Waals surface area contributed by atoms with E-state index in [2.05, 4.69) is 5.32 Å². The van der Waals surface area contributed by atoms with E-state index in [0.717, 1.165) is 0 Å². The molecule has 1 aliphatic rings. The molecule has 0 aromatic heterocycles. The van der Waals surface area contributed by atoms with E-state index in [0.29, 0.717) is 6.54 Å². The minimum Gasteiger partial charge on any atom is -0.494 e. The van der Waals surface area contributed by atoms with E-state index in [1.807, 2.05) is 0 Å². The molecule has 0 amide bonds. The van der Waals surface area contributed by atoms with Gasteiger partial charge in [-0.15, -0.1) is 0 Å². The van der Waals surface area contributed by atoms with Crippen LogP contribution in [0.1, 0.15) is 0 Å². The van der Waals surface area contributed by atoms with E-state index in [4.69, 9.17) is 14.6 Å². The SMILES string of the molecule is COc1ccc(O[C@H]2CNC[C@@]2(O)CO)cc1F. The molecule has 0 spiro atoms. The zero-order valence-corrected chi connectivity index (χ0v) is 10.0. The fourth-order valence-electron chi connectivity index (χ4n) is 1.92. The first-order valence-electron chi connectivity index (χ1n) is 5.63. The second-order valence-corrected chi connectivity index (χ2v) is 4.30. The number of aliphatic hydroxyl groups excluding tert-OH is 1. The summed E-state index contributed by atoms with van der Waals surface area (Å²) in [5.41, 5.74) is -1.34. The summed E-state index contributed by atoms with van der Waals surface area (Å²) in [5.74, 6) is -0.119. The van der Waals surface area contributed by atoms with Gasteiger partial charge in [0.15, 0.2) is 11.6 Å². The summed E-state index contributed by atoms with van der Waals surface area (Å²) in [6.07, 6.45) is -0.615. The number of halogens is 1. The van der Waals surface area contributed by atoms with Gasteiger partial charge in [-0.3, -0.25) is 0 Å². The summed E-state index contributed by atoms with van der Waals surface area (Å²) in [6.45, 7) is 0.223. The highest BCUT2D eigenvalue weighted by atomic mass is 19.1. The molecule has 1 aromatic rings. The zero-order valence-electron chi connectivity index (χ0n) is 10.0. The number of rotatable bonds is 4. The molecule has 18 heavy (non-hydrogen) atoms. The van der Waals surface area contributed by atoms with Crippen molar-refractivity contribution in [3.8, 4) is 11.5 Å². The van der Waals surface area contributed by atoms with Crippen molar-refractivity contribution >= 4 is 0 Å². The molecule has 3 N–H and O–H groups in total. The molecule has 1 saturated heterocycles. The van der Waals surface area contributed by atoms with E-state index in [1.165, 1.54) is 19.2 Å². The molecule has 0 unspecified atom stereocenters. The molecule has 6 heteroatoms. The molecular formula is C12H16FNO4. The Morgan fingerprint density at radius 2 is 2.33 bits per heavy atom. The number of ether oxygens (including phenoxy) is 2. The van der Waals surface area contributed by atoms with Crippen molar-refractivity contribution in [3.63, 3.8) is 0 Å². The highest BCUT2D eigenvalue weighted by molar-refractivity contribution is 5.33. The number of aliphatic hydroxyl groups is 2. The van der Waals surface area contributed by atoms with Crippen LogP contribution in [0, 0.1) is 5.82 Å². The smallest absolute Gasteiger partial charge is 0.168 e. The lowest BCUT2D eigenvalue weighted by molar-refractivity contribution is -0.0632. The maximum atomic E-state index is 13.5. The molecule has 100 valence electrons. The maximum absolute atomic E-state index is 13.5. The van der Waals surface area contributed by atoms with Crippen molar-refractivity contribution in [1.82, 2.24) is 5.32 Å². The van der Waals surface area contributed by atoms with Crippen LogP contribution in [-0.2, 0) is 0 Å². The topological polar surface area (TPSA) is 71.0 Å². The van der Waals surface area contributed by atoms with Gasteiger partial charge in [0.1, 0.15) is 17.5 Å². The first-order valence-corrected chi connectivity index (χ1v) is 5.63. The Hall–Kier alpha value is -1.37. The van der Waals surface area contributed by atoms with Crippen LogP contribution >= 0.6 is 0 Å². The van der Waals surface area contributed by atoms with E-state index in [-0.39, 0.29) is 18.0 Å². The number of β-amino-alcohol motifs (C(OH)–C–C–N with tert-alkyl or cyclic N) is 1. The fraction of sp³-hybridized carbons (Fsp3) is 0.500. The normalized spacial score (nSPS) is 27.2. The van der Waals surface area contributed by atoms with Crippen LogP contribution in [0.3, 0.4) is 0 Å². The molecular weight excluding hydrogens is 241 g/mol. The molecule has 1 aliphatic heterocycles. The van der Waals surface area contributed by atoms with Crippen LogP contribution in [0.25, 0.3) is 0 Å². The van der Waals surface area contributed by atoms with Crippen molar-refractivity contribution in [2.45, 2.75) is 11.7 Å². The molecule has 2 atom stereocenters. The van der Waals surface area contributed by atoms with Crippen LogP contribution in [0.15, 0.2) is 18.2 Å². The Kier molecular flexibility index (Phi) is 3.70. The average molecular weight is 257 g/mol. The minimum absolute atomic E-state index is 0.129. The molecule has 0 saturated carbocycles. The highest BCUT2D eigenvalue weighted by Crippen LogP contribution is 2.26. The highest BCUT2D eigenvalue weighted by Gasteiger charge is 2.42. The van der Waals surface area contributed by atoms with Crippen LogP contribution < -0.4 is 14.8 Å². The van der Waals surface area contributed by atoms with Gasteiger partial charge in [-0.2, -0.15) is 0 Å². The molecule has 0 radical (unpaired) electrons. The number of hydrogen-bond acceptors (Lipinski definition) is 5. The summed E-state index contributed by atoms with van der Waals surface area (Å²) in [7, 11) is 1.38. The Morgan fingerprint density at radius 1 is 1.56 bits per heavy atom. The van der Waals surface area contributed by atoms with Crippen molar-refractivity contribution < 1.29 is 24.1 Å². The molecule has 5 nitrogen and oxygen atoms in total. The first kappa shape index (κ1) is 13.1. The second-order valence-electron chi connectivity index (χ2n) is 4.30. The fourth-order valence-corrected chi connectivity index (χ4v) is 1.92. The van der Waals surface area contributed by atoms with Crippen LogP contribution in [0.2, 0.25) is 0 Å². The van der Waals surface area contributed by atoms with E-state index in [9.17, 15) is 9.50 Å². The third-order valence-corrected chi connectivity index (χ3v) is 3.04. The summed E-state index contributed by atoms with van der Waals surface area (Å²) >= 11 is 0. The van der Waals surface area contributed by atoms with Gasteiger partial charge in [0, 0.05) is 19.2 Å². The lowest BCUT2D eigenvalue weighted by atomic mass is 10.0. The Labute approximate surface area is 104 Å². The van der Waals surface area contributed by atoms with E-state index in [1.54, 1.807) is 6.07 Å². The lowest BCUT2D eigenvalue weighted by Crippen LogP contribution is -2.48. The first-order chi connectivity index (χ1) is 8.59. The standard InChI is InChI=1S/C12H16FNO4/c1-17-10-3-2-8(4-9(10)13)18-11-5-14-6-12(11,16)7-15/h2-4,11,14-16H,5-7H2,1H3/t11-,12+/m0/s1. The van der Waals surface area contributed by atoms with Gasteiger partial charge in [0.05, 0.1) is 13.7 Å². The minimum atomic E-state index is -1.34. The monoisotopic (exact) mass is 257 g/mol.